The predicted molar refractivity (Wildman–Crippen MR) is 73.0 cm³/mol. The molecule has 2 atom stereocenters. The summed E-state index contributed by atoms with van der Waals surface area (Å²) in [7, 11) is 0. The molecule has 0 fully saturated rings. The van der Waals surface area contributed by atoms with E-state index < -0.39 is 12.1 Å². The van der Waals surface area contributed by atoms with Gasteiger partial charge in [0.25, 0.3) is 0 Å². The van der Waals surface area contributed by atoms with E-state index in [1.54, 1.807) is 6.92 Å². The van der Waals surface area contributed by atoms with Crippen LogP contribution in [0.2, 0.25) is 0 Å². The number of hydrogen-bond acceptors (Lipinski definition) is 3. The van der Waals surface area contributed by atoms with E-state index in [2.05, 4.69) is 10.6 Å². The summed E-state index contributed by atoms with van der Waals surface area (Å²) in [4.78, 5) is 23.3. The van der Waals surface area contributed by atoms with Crippen LogP contribution in [0.25, 0.3) is 0 Å². The topological polar surface area (TPSA) is 84.2 Å². The Hall–Kier alpha value is -1.10. The molecule has 5 heteroatoms. The molecule has 106 valence electrons. The molecule has 0 saturated carbocycles. The first-order chi connectivity index (χ1) is 8.38. The minimum Gasteiger partial charge on any atom is -0.354 e. The zero-order valence-electron chi connectivity index (χ0n) is 12.0. The lowest BCUT2D eigenvalue weighted by molar-refractivity contribution is -0.129. The fourth-order valence-electron chi connectivity index (χ4n) is 1.40. The molecule has 0 radical (unpaired) electrons. The van der Waals surface area contributed by atoms with E-state index in [0.717, 1.165) is 12.8 Å². The highest BCUT2D eigenvalue weighted by molar-refractivity contribution is 5.89. The van der Waals surface area contributed by atoms with Crippen LogP contribution in [0.1, 0.15) is 47.0 Å². The number of rotatable bonds is 8. The molecule has 5 nitrogen and oxygen atoms in total. The van der Waals surface area contributed by atoms with E-state index in [0.29, 0.717) is 18.9 Å². The van der Waals surface area contributed by atoms with E-state index in [4.69, 9.17) is 5.73 Å². The summed E-state index contributed by atoms with van der Waals surface area (Å²) in [5.74, 6) is -0.0287. The monoisotopic (exact) mass is 257 g/mol. The van der Waals surface area contributed by atoms with Gasteiger partial charge in [0.1, 0.15) is 6.04 Å². The third-order valence-electron chi connectivity index (χ3n) is 2.64. The van der Waals surface area contributed by atoms with Gasteiger partial charge in [-0.2, -0.15) is 0 Å². The highest BCUT2D eigenvalue weighted by Crippen LogP contribution is 1.98. The van der Waals surface area contributed by atoms with Crippen molar-refractivity contribution < 1.29 is 9.59 Å². The van der Waals surface area contributed by atoms with Crippen molar-refractivity contribution in [2.75, 3.05) is 6.54 Å². The minimum absolute atomic E-state index is 0.167. The molecule has 0 bridgehead atoms. The molecule has 18 heavy (non-hydrogen) atoms. The van der Waals surface area contributed by atoms with E-state index >= 15 is 0 Å². The standard InChI is InChI=1S/C13H27N3O2/c1-5-6-7-11(14)13(18)16-10(4)12(17)15-8-9(2)3/h9-11H,5-8,14H2,1-4H3,(H,15,17)(H,16,18)/t10?,11-/m0/s1. The maximum atomic E-state index is 11.7. The second-order valence-electron chi connectivity index (χ2n) is 5.12. The lowest BCUT2D eigenvalue weighted by Crippen LogP contribution is -2.50. The number of nitrogens with one attached hydrogen (secondary N) is 2. The second-order valence-corrected chi connectivity index (χ2v) is 5.12. The average molecular weight is 257 g/mol. The SMILES string of the molecule is CCCC[C@H](N)C(=O)NC(C)C(=O)NCC(C)C. The van der Waals surface area contributed by atoms with Gasteiger partial charge in [-0.1, -0.05) is 33.6 Å². The van der Waals surface area contributed by atoms with Crippen molar-refractivity contribution in [2.45, 2.75) is 59.0 Å². The summed E-state index contributed by atoms with van der Waals surface area (Å²) in [6.45, 7) is 8.36. The maximum absolute atomic E-state index is 11.7. The van der Waals surface area contributed by atoms with Gasteiger partial charge in [-0.3, -0.25) is 9.59 Å². The third kappa shape index (κ3) is 7.27. The Morgan fingerprint density at radius 3 is 2.28 bits per heavy atom. The van der Waals surface area contributed by atoms with Gasteiger partial charge >= 0.3 is 0 Å². The Labute approximate surface area is 110 Å². The first-order valence-corrected chi connectivity index (χ1v) is 6.72. The molecule has 0 aromatic carbocycles. The highest BCUT2D eigenvalue weighted by atomic mass is 16.2. The average Bonchev–Trinajstić information content (AvgIpc) is 2.32. The summed E-state index contributed by atoms with van der Waals surface area (Å²) < 4.78 is 0. The van der Waals surface area contributed by atoms with Crippen LogP contribution in [0, 0.1) is 5.92 Å². The van der Waals surface area contributed by atoms with Crippen LogP contribution in [0.5, 0.6) is 0 Å². The molecule has 0 heterocycles. The van der Waals surface area contributed by atoms with Gasteiger partial charge in [0.05, 0.1) is 6.04 Å². The van der Waals surface area contributed by atoms with E-state index in [9.17, 15) is 9.59 Å². The molecule has 0 aliphatic carbocycles. The van der Waals surface area contributed by atoms with Gasteiger partial charge in [0, 0.05) is 6.54 Å². The van der Waals surface area contributed by atoms with E-state index in [1.807, 2.05) is 20.8 Å². The van der Waals surface area contributed by atoms with Crippen molar-refractivity contribution in [3.8, 4) is 0 Å². The summed E-state index contributed by atoms with van der Waals surface area (Å²) in [5, 5.41) is 5.41. The molecule has 0 aliphatic heterocycles. The number of unbranched alkanes of at least 4 members (excludes halogenated alkanes) is 1. The summed E-state index contributed by atoms with van der Waals surface area (Å²) in [5.41, 5.74) is 5.73. The molecule has 0 aromatic heterocycles. The van der Waals surface area contributed by atoms with E-state index in [1.165, 1.54) is 0 Å². The Morgan fingerprint density at radius 2 is 1.78 bits per heavy atom. The molecular formula is C13H27N3O2. The molecule has 0 rings (SSSR count). The van der Waals surface area contributed by atoms with Crippen LogP contribution in [0.15, 0.2) is 0 Å². The minimum atomic E-state index is -0.538. The molecule has 4 N–H and O–H groups in total. The predicted octanol–water partition coefficient (Wildman–Crippen LogP) is 0.781. The van der Waals surface area contributed by atoms with Gasteiger partial charge in [0.2, 0.25) is 11.8 Å². The van der Waals surface area contributed by atoms with Crippen LogP contribution in [-0.4, -0.2) is 30.4 Å². The maximum Gasteiger partial charge on any atom is 0.242 e. The quantitative estimate of drug-likeness (QED) is 0.601. The molecule has 2 amide bonds. The molecule has 0 aromatic rings. The van der Waals surface area contributed by atoms with Crippen LogP contribution >= 0.6 is 0 Å². The van der Waals surface area contributed by atoms with Gasteiger partial charge in [-0.05, 0) is 19.3 Å². The van der Waals surface area contributed by atoms with Crippen molar-refractivity contribution in [2.24, 2.45) is 11.7 Å². The van der Waals surface area contributed by atoms with Gasteiger partial charge in [0.15, 0.2) is 0 Å². The zero-order chi connectivity index (χ0) is 14.1. The van der Waals surface area contributed by atoms with Crippen LogP contribution < -0.4 is 16.4 Å². The van der Waals surface area contributed by atoms with Gasteiger partial charge in [-0.15, -0.1) is 0 Å². The number of amides is 2. The highest BCUT2D eigenvalue weighted by Gasteiger charge is 2.19. The Kier molecular flexibility index (Phi) is 8.37. The van der Waals surface area contributed by atoms with Crippen molar-refractivity contribution in [1.29, 1.82) is 0 Å². The first-order valence-electron chi connectivity index (χ1n) is 6.72. The normalized spacial score (nSPS) is 14.1. The number of carbonyl (C=O) groups excluding carboxylic acids is 2. The second kappa shape index (κ2) is 8.91. The largest absolute Gasteiger partial charge is 0.354 e. The molecule has 1 unspecified atom stereocenters. The first kappa shape index (κ1) is 16.9. The Bertz CT molecular complexity index is 267. The van der Waals surface area contributed by atoms with Crippen LogP contribution in [0.3, 0.4) is 0 Å². The third-order valence-corrected chi connectivity index (χ3v) is 2.64. The number of hydrogen-bond donors (Lipinski definition) is 3. The van der Waals surface area contributed by atoms with Crippen LogP contribution in [0.4, 0.5) is 0 Å². The fourth-order valence-corrected chi connectivity index (χ4v) is 1.40. The Morgan fingerprint density at radius 1 is 1.17 bits per heavy atom. The lowest BCUT2D eigenvalue weighted by Gasteiger charge is -2.17. The van der Waals surface area contributed by atoms with E-state index in [-0.39, 0.29) is 11.8 Å². The molecule has 0 aliphatic rings. The fraction of sp³-hybridized carbons (Fsp3) is 0.846. The summed E-state index contributed by atoms with van der Waals surface area (Å²) in [6.07, 6.45) is 2.58. The van der Waals surface area contributed by atoms with Crippen molar-refractivity contribution in [1.82, 2.24) is 10.6 Å². The van der Waals surface area contributed by atoms with Gasteiger partial charge in [-0.25, -0.2) is 0 Å². The number of nitrogens with two attached hydrogens (primary N) is 1. The molecule has 0 spiro atoms. The van der Waals surface area contributed by atoms with Crippen LogP contribution in [-0.2, 0) is 9.59 Å². The van der Waals surface area contributed by atoms with Crippen molar-refractivity contribution in [3.05, 3.63) is 0 Å². The van der Waals surface area contributed by atoms with Crippen molar-refractivity contribution >= 4 is 11.8 Å². The van der Waals surface area contributed by atoms with Crippen molar-refractivity contribution in [3.63, 3.8) is 0 Å². The number of carbonyl (C=O) groups is 2. The smallest absolute Gasteiger partial charge is 0.242 e. The molecule has 0 saturated heterocycles. The lowest BCUT2D eigenvalue weighted by atomic mass is 10.1. The zero-order valence-corrected chi connectivity index (χ0v) is 12.0. The Balaban J connectivity index is 4.01. The molecular weight excluding hydrogens is 230 g/mol. The summed E-state index contributed by atoms with van der Waals surface area (Å²) in [6, 6.07) is -1.06. The van der Waals surface area contributed by atoms with Gasteiger partial charge < -0.3 is 16.4 Å². The summed E-state index contributed by atoms with van der Waals surface area (Å²) >= 11 is 0.